The molecule has 0 radical (unpaired) electrons. The summed E-state index contributed by atoms with van der Waals surface area (Å²) in [5.74, 6) is -0.372. The van der Waals surface area contributed by atoms with E-state index in [4.69, 9.17) is 0 Å². The Balaban J connectivity index is 0.000000861. The molecule has 2 rings (SSSR count). The maximum Gasteiger partial charge on any atom is 0.328 e. The summed E-state index contributed by atoms with van der Waals surface area (Å²) in [5, 5.41) is 0. The molecule has 0 amide bonds. The summed E-state index contributed by atoms with van der Waals surface area (Å²) in [6.45, 7) is 5.69. The van der Waals surface area contributed by atoms with Crippen molar-refractivity contribution in [1.82, 2.24) is 9.55 Å². The molecule has 1 N–H and O–H groups in total. The van der Waals surface area contributed by atoms with Crippen LogP contribution in [-0.4, -0.2) is 9.55 Å². The number of aryl methyl sites for hydroxylation is 1. The molecule has 0 saturated heterocycles. The van der Waals surface area contributed by atoms with E-state index in [-0.39, 0.29) is 12.4 Å². The van der Waals surface area contributed by atoms with E-state index >= 15 is 0 Å². The van der Waals surface area contributed by atoms with Gasteiger partial charge in [0, 0.05) is 17.3 Å². The summed E-state index contributed by atoms with van der Waals surface area (Å²) >= 11 is 0. The van der Waals surface area contributed by atoms with Gasteiger partial charge in [-0.1, -0.05) is 32.0 Å². The van der Waals surface area contributed by atoms with Crippen molar-refractivity contribution >= 4 is 0 Å². The number of H-pyrrole nitrogens is 1. The number of benzene rings is 1. The standard InChI is InChI=1S/C12H11FN2O2.C2H6/c1-8-6-15(12(17)14-11(8)16)7-9-4-2-3-5-10(9)13;1-2/h2-6H,7H2,1H3,(H,14,16,17);1-2H3. The molecule has 1 aromatic carbocycles. The van der Waals surface area contributed by atoms with Crippen LogP contribution in [0, 0.1) is 12.7 Å². The molecule has 102 valence electrons. The highest BCUT2D eigenvalue weighted by molar-refractivity contribution is 5.18. The highest BCUT2D eigenvalue weighted by Gasteiger charge is 2.05. The first kappa shape index (κ1) is 14.9. The van der Waals surface area contributed by atoms with Gasteiger partial charge < -0.3 is 0 Å². The molecule has 2 aromatic rings. The minimum atomic E-state index is -0.538. The lowest BCUT2D eigenvalue weighted by atomic mass is 10.2. The molecule has 0 fully saturated rings. The fourth-order valence-electron chi connectivity index (χ4n) is 1.55. The van der Waals surface area contributed by atoms with Crippen LogP contribution in [0.25, 0.3) is 0 Å². The Hall–Kier alpha value is -2.17. The molecule has 0 bridgehead atoms. The third-order valence-electron chi connectivity index (χ3n) is 2.49. The molecule has 0 spiro atoms. The largest absolute Gasteiger partial charge is 0.328 e. The van der Waals surface area contributed by atoms with E-state index in [2.05, 4.69) is 4.98 Å². The van der Waals surface area contributed by atoms with Crippen LogP contribution in [0.4, 0.5) is 4.39 Å². The second-order valence-corrected chi connectivity index (χ2v) is 3.79. The molecule has 0 aliphatic heterocycles. The van der Waals surface area contributed by atoms with Crippen LogP contribution in [-0.2, 0) is 6.54 Å². The van der Waals surface area contributed by atoms with Gasteiger partial charge in [0.25, 0.3) is 5.56 Å². The average molecular weight is 264 g/mol. The van der Waals surface area contributed by atoms with E-state index in [0.717, 1.165) is 0 Å². The number of hydrogen-bond donors (Lipinski definition) is 1. The molecule has 5 heteroatoms. The highest BCUT2D eigenvalue weighted by Crippen LogP contribution is 2.07. The quantitative estimate of drug-likeness (QED) is 0.902. The van der Waals surface area contributed by atoms with Gasteiger partial charge in [0.05, 0.1) is 6.54 Å². The van der Waals surface area contributed by atoms with E-state index in [1.54, 1.807) is 25.1 Å². The molecule has 1 aromatic heterocycles. The molecule has 0 aliphatic rings. The number of nitrogens with one attached hydrogen (secondary N) is 1. The van der Waals surface area contributed by atoms with E-state index in [1.165, 1.54) is 16.8 Å². The van der Waals surface area contributed by atoms with Gasteiger partial charge in [-0.25, -0.2) is 9.18 Å². The Labute approximate surface area is 110 Å². The summed E-state index contributed by atoms with van der Waals surface area (Å²) < 4.78 is 14.7. The topological polar surface area (TPSA) is 54.9 Å². The smallest absolute Gasteiger partial charge is 0.296 e. The fraction of sp³-hybridized carbons (Fsp3) is 0.286. The van der Waals surface area contributed by atoms with Crippen LogP contribution < -0.4 is 11.2 Å². The first-order valence-electron chi connectivity index (χ1n) is 6.11. The second kappa shape index (κ2) is 6.68. The molecule has 4 nitrogen and oxygen atoms in total. The number of aromatic nitrogens is 2. The number of halogens is 1. The number of rotatable bonds is 2. The summed E-state index contributed by atoms with van der Waals surface area (Å²) in [4.78, 5) is 24.8. The van der Waals surface area contributed by atoms with Gasteiger partial charge in [-0.15, -0.1) is 0 Å². The van der Waals surface area contributed by atoms with Crippen molar-refractivity contribution in [3.8, 4) is 0 Å². The average Bonchev–Trinajstić information content (AvgIpc) is 2.41. The number of hydrogen-bond acceptors (Lipinski definition) is 2. The zero-order valence-corrected chi connectivity index (χ0v) is 11.2. The molecule has 0 saturated carbocycles. The molecule has 0 aliphatic carbocycles. The van der Waals surface area contributed by atoms with Gasteiger partial charge in [-0.05, 0) is 13.0 Å². The molecular formula is C14H17FN2O2. The summed E-state index contributed by atoms with van der Waals surface area (Å²) in [6.07, 6.45) is 1.42. The Bertz CT molecular complexity index is 659. The predicted octanol–water partition coefficient (Wildman–Crippen LogP) is 2.06. The van der Waals surface area contributed by atoms with Gasteiger partial charge >= 0.3 is 5.69 Å². The Morgan fingerprint density at radius 2 is 1.84 bits per heavy atom. The van der Waals surface area contributed by atoms with Crippen molar-refractivity contribution in [2.75, 3.05) is 0 Å². The minimum Gasteiger partial charge on any atom is -0.296 e. The van der Waals surface area contributed by atoms with Crippen LogP contribution in [0.2, 0.25) is 0 Å². The van der Waals surface area contributed by atoms with Crippen LogP contribution in [0.3, 0.4) is 0 Å². The molecule has 19 heavy (non-hydrogen) atoms. The van der Waals surface area contributed by atoms with Gasteiger partial charge in [0.15, 0.2) is 0 Å². The summed E-state index contributed by atoms with van der Waals surface area (Å²) in [5.41, 5.74) is -0.134. The predicted molar refractivity (Wildman–Crippen MR) is 72.9 cm³/mol. The summed E-state index contributed by atoms with van der Waals surface area (Å²) in [7, 11) is 0. The SMILES string of the molecule is CC.Cc1cn(Cc2ccccc2F)c(=O)[nH]c1=O. The van der Waals surface area contributed by atoms with Crippen LogP contribution in [0.5, 0.6) is 0 Å². The zero-order valence-electron chi connectivity index (χ0n) is 11.2. The van der Waals surface area contributed by atoms with Crippen molar-refractivity contribution in [3.05, 3.63) is 68.2 Å². The normalized spacial score (nSPS) is 9.68. The molecule has 0 atom stereocenters. The Morgan fingerprint density at radius 3 is 2.47 bits per heavy atom. The van der Waals surface area contributed by atoms with Crippen molar-refractivity contribution in [2.45, 2.75) is 27.3 Å². The van der Waals surface area contributed by atoms with Crippen molar-refractivity contribution in [2.24, 2.45) is 0 Å². The first-order chi connectivity index (χ1) is 9.08. The van der Waals surface area contributed by atoms with Gasteiger partial charge in [-0.2, -0.15) is 0 Å². The number of aromatic amines is 1. The van der Waals surface area contributed by atoms with Gasteiger partial charge in [-0.3, -0.25) is 14.3 Å². The highest BCUT2D eigenvalue weighted by atomic mass is 19.1. The zero-order chi connectivity index (χ0) is 14.4. The van der Waals surface area contributed by atoms with E-state index in [1.807, 2.05) is 13.8 Å². The lowest BCUT2D eigenvalue weighted by molar-refractivity contribution is 0.592. The van der Waals surface area contributed by atoms with Crippen LogP contribution in [0.15, 0.2) is 40.1 Å². The second-order valence-electron chi connectivity index (χ2n) is 3.79. The van der Waals surface area contributed by atoms with Crippen molar-refractivity contribution in [3.63, 3.8) is 0 Å². The lowest BCUT2D eigenvalue weighted by Gasteiger charge is -2.06. The number of nitrogens with zero attached hydrogens (tertiary/aromatic N) is 1. The Kier molecular flexibility index (Phi) is 5.23. The van der Waals surface area contributed by atoms with E-state index < -0.39 is 11.2 Å². The van der Waals surface area contributed by atoms with E-state index in [9.17, 15) is 14.0 Å². The van der Waals surface area contributed by atoms with Crippen LogP contribution in [0.1, 0.15) is 25.0 Å². The fourth-order valence-corrected chi connectivity index (χ4v) is 1.55. The summed E-state index contributed by atoms with van der Waals surface area (Å²) in [6, 6.07) is 6.21. The van der Waals surface area contributed by atoms with Crippen LogP contribution >= 0.6 is 0 Å². The van der Waals surface area contributed by atoms with Gasteiger partial charge in [0.1, 0.15) is 5.82 Å². The first-order valence-corrected chi connectivity index (χ1v) is 6.11. The monoisotopic (exact) mass is 264 g/mol. The third kappa shape index (κ3) is 3.64. The third-order valence-corrected chi connectivity index (χ3v) is 2.49. The minimum absolute atomic E-state index is 0.100. The maximum atomic E-state index is 13.4. The van der Waals surface area contributed by atoms with Crippen molar-refractivity contribution in [1.29, 1.82) is 0 Å². The molecule has 0 unspecified atom stereocenters. The van der Waals surface area contributed by atoms with E-state index in [0.29, 0.717) is 11.1 Å². The van der Waals surface area contributed by atoms with Gasteiger partial charge in [0.2, 0.25) is 0 Å². The molecular weight excluding hydrogens is 247 g/mol. The Morgan fingerprint density at radius 1 is 1.21 bits per heavy atom. The molecule has 1 heterocycles. The maximum absolute atomic E-state index is 13.4. The lowest BCUT2D eigenvalue weighted by Crippen LogP contribution is -2.31. The van der Waals surface area contributed by atoms with Crippen molar-refractivity contribution < 1.29 is 4.39 Å².